The monoisotopic (exact) mass is 716 g/mol. The summed E-state index contributed by atoms with van der Waals surface area (Å²) in [7, 11) is -1.77. The van der Waals surface area contributed by atoms with Gasteiger partial charge in [-0.05, 0) is 49.1 Å². The summed E-state index contributed by atoms with van der Waals surface area (Å²) in [4.78, 5) is 26.3. The van der Waals surface area contributed by atoms with E-state index in [1.54, 1.807) is 42.5 Å². The first-order valence-electron chi connectivity index (χ1n) is 13.8. The van der Waals surface area contributed by atoms with E-state index in [2.05, 4.69) is 37.6 Å². The van der Waals surface area contributed by atoms with Crippen molar-refractivity contribution in [2.75, 3.05) is 47.5 Å². The standard InChI is InChI=1S/C27H32Cl3N8O5PS/c1-15-10-18(42-26(15)38-14-32-23-24(36-37-45-2)34-27(31)35-25(23)38)12-41-44(43-17-8-6-16(28)7-9-17)33-11-22(39)40-13-19-20(29)4-3-5-21(19)30/h3-9,15,18,26,32-33,37H,10-14H2,1-2H3,(H3,31,34,35,36). The van der Waals surface area contributed by atoms with Gasteiger partial charge in [0.2, 0.25) is 5.95 Å². The van der Waals surface area contributed by atoms with Gasteiger partial charge < -0.3 is 34.5 Å². The van der Waals surface area contributed by atoms with Crippen LogP contribution in [0.2, 0.25) is 15.1 Å². The number of nitrogens with two attached hydrogens (primary N) is 1. The minimum atomic E-state index is -1.77. The number of nitrogen functional groups attached to an aromatic ring is 1. The van der Waals surface area contributed by atoms with Crippen LogP contribution in [0.1, 0.15) is 18.9 Å². The third-order valence-corrected chi connectivity index (χ3v) is 9.25. The molecule has 3 heterocycles. The van der Waals surface area contributed by atoms with E-state index < -0.39 is 14.5 Å². The van der Waals surface area contributed by atoms with E-state index in [0.29, 0.717) is 44.7 Å². The van der Waals surface area contributed by atoms with E-state index in [1.807, 2.05) is 11.2 Å². The molecular weight excluding hydrogens is 686 g/mol. The number of nitrogens with one attached hydrogen (secondary N) is 4. The van der Waals surface area contributed by atoms with Crippen LogP contribution in [0.15, 0.2) is 42.5 Å². The molecular formula is C27H32Cl3N8O5PS. The summed E-state index contributed by atoms with van der Waals surface area (Å²) in [5.74, 6) is 1.47. The predicted molar refractivity (Wildman–Crippen MR) is 179 cm³/mol. The van der Waals surface area contributed by atoms with Crippen molar-refractivity contribution in [2.24, 2.45) is 5.92 Å². The summed E-state index contributed by atoms with van der Waals surface area (Å²) in [6.45, 7) is 2.54. The van der Waals surface area contributed by atoms with Gasteiger partial charge in [-0.15, -0.1) is 0 Å². The molecule has 1 fully saturated rings. The van der Waals surface area contributed by atoms with Gasteiger partial charge in [-0.25, -0.2) is 5.09 Å². The lowest BCUT2D eigenvalue weighted by molar-refractivity contribution is -0.143. The number of esters is 1. The third-order valence-electron chi connectivity index (χ3n) is 6.81. The van der Waals surface area contributed by atoms with Crippen LogP contribution in [0.3, 0.4) is 0 Å². The molecule has 0 spiro atoms. The highest BCUT2D eigenvalue weighted by molar-refractivity contribution is 7.96. The molecule has 3 aromatic rings. The molecule has 6 N–H and O–H groups in total. The number of fused-ring (bicyclic) bond motifs is 1. The molecule has 0 amide bonds. The average molecular weight is 718 g/mol. The first kappa shape index (κ1) is 33.8. The van der Waals surface area contributed by atoms with Crippen molar-refractivity contribution in [1.82, 2.24) is 19.9 Å². The molecule has 242 valence electrons. The van der Waals surface area contributed by atoms with Crippen LogP contribution in [0.4, 0.5) is 23.3 Å². The number of carbonyl (C=O) groups excluding carboxylic acids is 1. The second-order valence-corrected chi connectivity index (χ2v) is 13.2. The summed E-state index contributed by atoms with van der Waals surface area (Å²) < 4.78 is 24.0. The van der Waals surface area contributed by atoms with Crippen molar-refractivity contribution >= 4 is 84.5 Å². The zero-order chi connectivity index (χ0) is 31.9. The lowest BCUT2D eigenvalue weighted by atomic mass is 10.1. The van der Waals surface area contributed by atoms with Gasteiger partial charge in [0, 0.05) is 26.5 Å². The Bertz CT molecular complexity index is 1460. The van der Waals surface area contributed by atoms with E-state index in [9.17, 15) is 4.79 Å². The van der Waals surface area contributed by atoms with Crippen LogP contribution in [0.25, 0.3) is 0 Å². The molecule has 4 atom stereocenters. The number of nitrogens with zero attached hydrogens (tertiary/aromatic N) is 3. The van der Waals surface area contributed by atoms with Gasteiger partial charge in [0.1, 0.15) is 30.8 Å². The number of carbonyl (C=O) groups is 1. The maximum Gasteiger partial charge on any atom is 0.320 e. The van der Waals surface area contributed by atoms with Crippen LogP contribution in [0, 0.1) is 5.92 Å². The predicted octanol–water partition coefficient (Wildman–Crippen LogP) is 5.81. The molecule has 2 aliphatic heterocycles. The second kappa shape index (κ2) is 15.9. The molecule has 0 radical (unpaired) electrons. The van der Waals surface area contributed by atoms with Crippen molar-refractivity contribution in [3.63, 3.8) is 0 Å². The van der Waals surface area contributed by atoms with Crippen molar-refractivity contribution in [3.8, 4) is 5.75 Å². The Hall–Kier alpha value is -2.52. The molecule has 18 heteroatoms. The van der Waals surface area contributed by atoms with E-state index in [-0.39, 0.29) is 44.0 Å². The van der Waals surface area contributed by atoms with Crippen molar-refractivity contribution in [2.45, 2.75) is 32.3 Å². The van der Waals surface area contributed by atoms with Gasteiger partial charge in [0.25, 0.3) is 0 Å². The molecule has 2 aliphatic rings. The maximum absolute atomic E-state index is 12.6. The smallest absolute Gasteiger partial charge is 0.320 e. The fourth-order valence-electron chi connectivity index (χ4n) is 4.73. The number of rotatable bonds is 14. The number of anilines is 4. The van der Waals surface area contributed by atoms with Crippen LogP contribution < -0.4 is 35.8 Å². The van der Waals surface area contributed by atoms with Gasteiger partial charge in [-0.3, -0.25) is 10.2 Å². The molecule has 1 saturated heterocycles. The van der Waals surface area contributed by atoms with Crippen LogP contribution in [0.5, 0.6) is 5.75 Å². The second-order valence-electron chi connectivity index (χ2n) is 10.0. The minimum Gasteiger partial charge on any atom is -0.460 e. The molecule has 2 aromatic carbocycles. The molecule has 13 nitrogen and oxygen atoms in total. The van der Waals surface area contributed by atoms with E-state index in [0.717, 1.165) is 12.1 Å². The maximum atomic E-state index is 12.6. The Kier molecular flexibility index (Phi) is 11.9. The Labute approximate surface area is 281 Å². The Balaban J connectivity index is 1.19. The number of hydrazine groups is 1. The molecule has 4 unspecified atom stereocenters. The number of aromatic nitrogens is 2. The molecule has 0 saturated carbocycles. The van der Waals surface area contributed by atoms with Gasteiger partial charge >= 0.3 is 14.5 Å². The normalized spacial score (nSPS) is 19.6. The lowest BCUT2D eigenvalue weighted by Crippen LogP contribution is -2.39. The SMILES string of the molecule is CSNNc1nc(N)nc2c1NCN2C1OC(COP(NCC(=O)OCc2c(Cl)cccc2Cl)Oc2ccc(Cl)cc2)CC1C. The van der Waals surface area contributed by atoms with Crippen molar-refractivity contribution < 1.29 is 23.3 Å². The molecule has 1 aromatic heterocycles. The first-order chi connectivity index (χ1) is 21.7. The zero-order valence-electron chi connectivity index (χ0n) is 24.3. The van der Waals surface area contributed by atoms with Gasteiger partial charge in [0.05, 0.1) is 19.4 Å². The third kappa shape index (κ3) is 8.85. The highest BCUT2D eigenvalue weighted by Gasteiger charge is 2.41. The first-order valence-corrected chi connectivity index (χ1v) is 17.3. The van der Waals surface area contributed by atoms with Crippen LogP contribution in [-0.4, -0.2) is 54.3 Å². The Morgan fingerprint density at radius 3 is 2.69 bits per heavy atom. The quantitative estimate of drug-likeness (QED) is 0.0589. The number of benzene rings is 2. The van der Waals surface area contributed by atoms with Crippen molar-refractivity contribution in [3.05, 3.63) is 63.1 Å². The highest BCUT2D eigenvalue weighted by atomic mass is 35.5. The van der Waals surface area contributed by atoms with Crippen LogP contribution in [-0.2, 0) is 25.4 Å². The van der Waals surface area contributed by atoms with Crippen molar-refractivity contribution in [1.29, 1.82) is 0 Å². The molecule has 45 heavy (non-hydrogen) atoms. The summed E-state index contributed by atoms with van der Waals surface area (Å²) in [5.41, 5.74) is 10.3. The lowest BCUT2D eigenvalue weighted by Gasteiger charge is -2.28. The van der Waals surface area contributed by atoms with E-state index in [1.165, 1.54) is 11.9 Å². The number of ether oxygens (including phenoxy) is 2. The summed E-state index contributed by atoms with van der Waals surface area (Å²) >= 11 is 19.8. The van der Waals surface area contributed by atoms with E-state index in [4.69, 9.17) is 59.1 Å². The molecule has 0 bridgehead atoms. The van der Waals surface area contributed by atoms with E-state index >= 15 is 0 Å². The number of halogens is 3. The minimum absolute atomic E-state index is 0.0677. The fourth-order valence-corrected chi connectivity index (χ4v) is 6.64. The number of hydrogen-bond acceptors (Lipinski definition) is 14. The highest BCUT2D eigenvalue weighted by Crippen LogP contribution is 2.42. The molecule has 0 aliphatic carbocycles. The van der Waals surface area contributed by atoms with Gasteiger partial charge in [-0.2, -0.15) is 14.8 Å². The topological polar surface area (TPSA) is 157 Å². The zero-order valence-corrected chi connectivity index (χ0v) is 28.2. The summed E-state index contributed by atoms with van der Waals surface area (Å²) in [6, 6.07) is 11.9. The summed E-state index contributed by atoms with van der Waals surface area (Å²) in [6.07, 6.45) is 2.08. The summed E-state index contributed by atoms with van der Waals surface area (Å²) in [5, 5.41) is 7.74. The van der Waals surface area contributed by atoms with Gasteiger partial charge in [-0.1, -0.05) is 59.7 Å². The Morgan fingerprint density at radius 1 is 1.20 bits per heavy atom. The fraction of sp³-hybridized carbons (Fsp3) is 0.370. The number of hydrogen-bond donors (Lipinski definition) is 5. The molecule has 5 rings (SSSR count). The average Bonchev–Trinajstić information content (AvgIpc) is 3.60. The van der Waals surface area contributed by atoms with Gasteiger partial charge in [0.15, 0.2) is 11.6 Å². The largest absolute Gasteiger partial charge is 0.460 e. The Morgan fingerprint density at radius 2 is 1.96 bits per heavy atom. The van der Waals surface area contributed by atoms with Crippen LogP contribution >= 0.6 is 55.3 Å².